The molecule has 0 heterocycles. The SMILES string of the molecule is COC(=O)c1ccc2ccc(C(C)(C)C)ccc1-2. The van der Waals surface area contributed by atoms with Crippen LogP contribution < -0.4 is 0 Å². The molecule has 2 nitrogen and oxygen atoms in total. The van der Waals surface area contributed by atoms with Crippen molar-refractivity contribution in [3.63, 3.8) is 0 Å². The normalized spacial score (nSPS) is 11.6. The van der Waals surface area contributed by atoms with Crippen molar-refractivity contribution in [2.24, 2.45) is 0 Å². The van der Waals surface area contributed by atoms with Crippen LogP contribution in [0.3, 0.4) is 0 Å². The van der Waals surface area contributed by atoms with Crippen LogP contribution in [0.4, 0.5) is 0 Å². The van der Waals surface area contributed by atoms with Crippen molar-refractivity contribution in [1.29, 1.82) is 0 Å². The highest BCUT2D eigenvalue weighted by Crippen LogP contribution is 2.30. The van der Waals surface area contributed by atoms with Crippen molar-refractivity contribution < 1.29 is 9.53 Å². The number of hydrogen-bond donors (Lipinski definition) is 0. The van der Waals surface area contributed by atoms with Gasteiger partial charge in [-0.3, -0.25) is 0 Å². The van der Waals surface area contributed by atoms with Gasteiger partial charge < -0.3 is 4.74 Å². The highest BCUT2D eigenvalue weighted by molar-refractivity contribution is 5.98. The average Bonchev–Trinajstić information content (AvgIpc) is 2.57. The lowest BCUT2D eigenvalue weighted by Crippen LogP contribution is -2.09. The summed E-state index contributed by atoms with van der Waals surface area (Å²) in [5, 5.41) is 0. The monoisotopic (exact) mass is 242 g/mol. The van der Waals surface area contributed by atoms with Crippen LogP contribution in [0.25, 0.3) is 11.1 Å². The number of esters is 1. The fourth-order valence-corrected chi connectivity index (χ4v) is 2.04. The van der Waals surface area contributed by atoms with Gasteiger partial charge in [0.1, 0.15) is 0 Å². The van der Waals surface area contributed by atoms with Gasteiger partial charge in [0, 0.05) is 0 Å². The Labute approximate surface area is 108 Å². The Morgan fingerprint density at radius 3 is 2.22 bits per heavy atom. The van der Waals surface area contributed by atoms with Gasteiger partial charge in [-0.05, 0) is 28.2 Å². The van der Waals surface area contributed by atoms with Crippen LogP contribution in [0.15, 0.2) is 36.4 Å². The molecule has 2 aliphatic carbocycles. The van der Waals surface area contributed by atoms with E-state index in [4.69, 9.17) is 4.74 Å². The molecule has 0 fully saturated rings. The minimum atomic E-state index is -0.284. The molecule has 94 valence electrons. The molecule has 0 saturated heterocycles. The van der Waals surface area contributed by atoms with Gasteiger partial charge in [-0.15, -0.1) is 0 Å². The molecule has 0 saturated carbocycles. The van der Waals surface area contributed by atoms with Gasteiger partial charge in [0.2, 0.25) is 0 Å². The molecule has 0 bridgehead atoms. The first-order valence-corrected chi connectivity index (χ1v) is 6.05. The maximum atomic E-state index is 11.7. The van der Waals surface area contributed by atoms with Crippen molar-refractivity contribution in [3.05, 3.63) is 47.5 Å². The zero-order valence-electron chi connectivity index (χ0n) is 11.3. The van der Waals surface area contributed by atoms with E-state index in [0.29, 0.717) is 5.56 Å². The van der Waals surface area contributed by atoms with Gasteiger partial charge >= 0.3 is 5.97 Å². The first-order chi connectivity index (χ1) is 8.43. The number of hydrogen-bond acceptors (Lipinski definition) is 2. The summed E-state index contributed by atoms with van der Waals surface area (Å²) in [5.74, 6) is -0.284. The predicted molar refractivity (Wildman–Crippen MR) is 73.1 cm³/mol. The first-order valence-electron chi connectivity index (χ1n) is 6.05. The molecule has 0 radical (unpaired) electrons. The minimum Gasteiger partial charge on any atom is -0.465 e. The summed E-state index contributed by atoms with van der Waals surface area (Å²) in [4.78, 5) is 11.7. The number of rotatable bonds is 1. The van der Waals surface area contributed by atoms with E-state index in [1.165, 1.54) is 12.7 Å². The van der Waals surface area contributed by atoms with Crippen LogP contribution in [0.1, 0.15) is 36.7 Å². The summed E-state index contributed by atoms with van der Waals surface area (Å²) >= 11 is 0. The van der Waals surface area contributed by atoms with E-state index in [-0.39, 0.29) is 11.4 Å². The van der Waals surface area contributed by atoms with Crippen LogP contribution in [0, 0.1) is 0 Å². The molecule has 0 spiro atoms. The van der Waals surface area contributed by atoms with Gasteiger partial charge in [0.05, 0.1) is 12.7 Å². The van der Waals surface area contributed by atoms with E-state index in [9.17, 15) is 4.79 Å². The number of methoxy groups -OCH3 is 1. The summed E-state index contributed by atoms with van der Waals surface area (Å²) in [5.41, 5.74) is 3.98. The molecular formula is C16H18O2. The second kappa shape index (κ2) is 4.45. The van der Waals surface area contributed by atoms with Crippen molar-refractivity contribution in [2.45, 2.75) is 26.2 Å². The maximum Gasteiger partial charge on any atom is 0.338 e. The van der Waals surface area contributed by atoms with Crippen LogP contribution in [0.2, 0.25) is 0 Å². The van der Waals surface area contributed by atoms with E-state index >= 15 is 0 Å². The van der Waals surface area contributed by atoms with Crippen molar-refractivity contribution in [1.82, 2.24) is 0 Å². The molecule has 0 aromatic carbocycles. The quantitative estimate of drug-likeness (QED) is 0.709. The van der Waals surface area contributed by atoms with E-state index in [0.717, 1.165) is 11.1 Å². The zero-order valence-corrected chi connectivity index (χ0v) is 11.3. The second-order valence-corrected chi connectivity index (χ2v) is 5.48. The Bertz CT molecular complexity index is 550. The number of carbonyl (C=O) groups excluding carboxylic acids is 1. The van der Waals surface area contributed by atoms with Gasteiger partial charge in [-0.2, -0.15) is 0 Å². The average molecular weight is 242 g/mol. The van der Waals surface area contributed by atoms with E-state index in [1.54, 1.807) is 0 Å². The second-order valence-electron chi connectivity index (χ2n) is 5.48. The predicted octanol–water partition coefficient (Wildman–Crippen LogP) is 3.88. The molecule has 2 heteroatoms. The number of carbonyl (C=O) groups is 1. The summed E-state index contributed by atoms with van der Waals surface area (Å²) in [6.07, 6.45) is 0. The fourth-order valence-electron chi connectivity index (χ4n) is 2.04. The summed E-state index contributed by atoms with van der Waals surface area (Å²) < 4.78 is 4.79. The Morgan fingerprint density at radius 2 is 1.61 bits per heavy atom. The van der Waals surface area contributed by atoms with E-state index in [2.05, 4.69) is 39.0 Å². The lowest BCUT2D eigenvalue weighted by molar-refractivity contribution is 0.0602. The van der Waals surface area contributed by atoms with Crippen LogP contribution in [0.5, 0.6) is 0 Å². The highest BCUT2D eigenvalue weighted by atomic mass is 16.5. The smallest absolute Gasteiger partial charge is 0.338 e. The van der Waals surface area contributed by atoms with Crippen molar-refractivity contribution >= 4 is 5.97 Å². The third kappa shape index (κ3) is 2.23. The van der Waals surface area contributed by atoms with Crippen molar-refractivity contribution in [2.75, 3.05) is 7.11 Å². The van der Waals surface area contributed by atoms with Gasteiger partial charge in [-0.25, -0.2) is 4.79 Å². The van der Waals surface area contributed by atoms with Gasteiger partial charge in [0.25, 0.3) is 0 Å². The molecule has 0 aliphatic heterocycles. The Balaban J connectivity index is 2.56. The van der Waals surface area contributed by atoms with Gasteiger partial charge in [0.15, 0.2) is 0 Å². The molecule has 0 atom stereocenters. The largest absolute Gasteiger partial charge is 0.465 e. The molecule has 2 rings (SSSR count). The lowest BCUT2D eigenvalue weighted by Gasteiger charge is -2.17. The van der Waals surface area contributed by atoms with Crippen LogP contribution in [-0.4, -0.2) is 13.1 Å². The zero-order chi connectivity index (χ0) is 13.3. The number of ether oxygens (including phenoxy) is 1. The summed E-state index contributed by atoms with van der Waals surface area (Å²) in [6.45, 7) is 6.52. The molecule has 0 unspecified atom stereocenters. The Kier molecular flexibility index (Phi) is 3.12. The first kappa shape index (κ1) is 12.6. The third-order valence-corrected chi connectivity index (χ3v) is 3.17. The minimum absolute atomic E-state index is 0.0991. The molecule has 0 aromatic rings. The topological polar surface area (TPSA) is 26.3 Å². The Hall–Kier alpha value is -1.83. The molecule has 0 amide bonds. The molecule has 2 aliphatic rings. The highest BCUT2D eigenvalue weighted by Gasteiger charge is 2.17. The fraction of sp³-hybridized carbons (Fsp3) is 0.312. The van der Waals surface area contributed by atoms with E-state index in [1.807, 2.05) is 18.2 Å². The van der Waals surface area contributed by atoms with E-state index < -0.39 is 0 Å². The van der Waals surface area contributed by atoms with Crippen molar-refractivity contribution in [3.8, 4) is 11.1 Å². The Morgan fingerprint density at radius 1 is 1.00 bits per heavy atom. The molecule has 0 N–H and O–H groups in total. The standard InChI is InChI=1S/C16H18O2/c1-16(2,3)12-7-5-11-6-9-14(15(17)18-4)13(11)10-8-12/h5-10H,1-4H3. The van der Waals surface area contributed by atoms with Crippen LogP contribution in [-0.2, 0) is 10.2 Å². The molecular weight excluding hydrogens is 224 g/mol. The lowest BCUT2D eigenvalue weighted by atomic mass is 9.88. The van der Waals surface area contributed by atoms with Gasteiger partial charge in [-0.1, -0.05) is 51.1 Å². The third-order valence-electron chi connectivity index (χ3n) is 3.17. The maximum absolute atomic E-state index is 11.7. The molecule has 0 aromatic heterocycles. The summed E-state index contributed by atoms with van der Waals surface area (Å²) in [7, 11) is 1.41. The van der Waals surface area contributed by atoms with Crippen LogP contribution >= 0.6 is 0 Å². The summed E-state index contributed by atoms with van der Waals surface area (Å²) in [6, 6.07) is 12.0. The molecule has 18 heavy (non-hydrogen) atoms. The number of fused-ring (bicyclic) bond motifs is 1.